The van der Waals surface area contributed by atoms with Crippen molar-refractivity contribution < 1.29 is 23.5 Å². The van der Waals surface area contributed by atoms with Crippen molar-refractivity contribution >= 4 is 23.0 Å². The Bertz CT molecular complexity index is 1140. The number of esters is 1. The minimum atomic E-state index is -0.472. The first kappa shape index (κ1) is 21.9. The summed E-state index contributed by atoms with van der Waals surface area (Å²) in [6, 6.07) is 12.4. The molecular formula is C25H27FN2O4. The highest BCUT2D eigenvalue weighted by atomic mass is 19.1. The highest BCUT2D eigenvalue weighted by Crippen LogP contribution is 2.34. The topological polar surface area (TPSA) is 69.6 Å². The van der Waals surface area contributed by atoms with Crippen LogP contribution in [0.1, 0.15) is 35.7 Å². The summed E-state index contributed by atoms with van der Waals surface area (Å²) in [5.41, 5.74) is 4.49. The van der Waals surface area contributed by atoms with Crippen molar-refractivity contribution in [3.05, 3.63) is 70.7 Å². The van der Waals surface area contributed by atoms with E-state index in [0.717, 1.165) is 33.3 Å². The minimum absolute atomic E-state index is 0.0867. The molecule has 0 radical (unpaired) electrons. The van der Waals surface area contributed by atoms with Crippen LogP contribution >= 0.6 is 0 Å². The van der Waals surface area contributed by atoms with Gasteiger partial charge in [-0.05, 0) is 61.9 Å². The molecule has 1 aliphatic carbocycles. The van der Waals surface area contributed by atoms with Gasteiger partial charge < -0.3 is 19.4 Å². The van der Waals surface area contributed by atoms with Crippen molar-refractivity contribution in [2.45, 2.75) is 52.3 Å². The van der Waals surface area contributed by atoms with Gasteiger partial charge in [-0.15, -0.1) is 0 Å². The molecule has 1 aliphatic rings. The fraction of sp³-hybridized carbons (Fsp3) is 0.360. The molecule has 0 spiro atoms. The number of hydrogen-bond donors (Lipinski definition) is 1. The normalized spacial score (nSPS) is 15.3. The summed E-state index contributed by atoms with van der Waals surface area (Å²) >= 11 is 0. The van der Waals surface area contributed by atoms with Crippen LogP contribution in [0.3, 0.4) is 0 Å². The number of hydrogen-bond acceptors (Lipinski definition) is 4. The average Bonchev–Trinajstić information content (AvgIpc) is 3.06. The zero-order valence-electron chi connectivity index (χ0n) is 18.3. The molecule has 0 fully saturated rings. The second-order valence-electron chi connectivity index (χ2n) is 8.08. The Morgan fingerprint density at radius 1 is 1.19 bits per heavy atom. The minimum Gasteiger partial charge on any atom is -0.465 e. The Hall–Kier alpha value is -3.35. The van der Waals surface area contributed by atoms with Gasteiger partial charge in [0, 0.05) is 17.1 Å². The number of benzene rings is 2. The molecule has 7 heteroatoms. The van der Waals surface area contributed by atoms with E-state index >= 15 is 0 Å². The van der Waals surface area contributed by atoms with Crippen LogP contribution in [0.5, 0.6) is 0 Å². The Morgan fingerprint density at radius 2 is 1.97 bits per heavy atom. The molecular weight excluding hydrogens is 411 g/mol. The molecule has 32 heavy (non-hydrogen) atoms. The monoisotopic (exact) mass is 438 g/mol. The van der Waals surface area contributed by atoms with Crippen molar-refractivity contribution in [1.29, 1.82) is 0 Å². The van der Waals surface area contributed by atoms with Gasteiger partial charge in [0.25, 0.3) is 0 Å². The van der Waals surface area contributed by atoms with Crippen LogP contribution in [-0.4, -0.2) is 29.3 Å². The molecule has 168 valence electrons. The van der Waals surface area contributed by atoms with Crippen molar-refractivity contribution in [3.63, 3.8) is 0 Å². The predicted molar refractivity (Wildman–Crippen MR) is 119 cm³/mol. The summed E-state index contributed by atoms with van der Waals surface area (Å²) in [6.45, 7) is 4.21. The first-order valence-corrected chi connectivity index (χ1v) is 10.9. The van der Waals surface area contributed by atoms with Crippen molar-refractivity contribution in [2.75, 3.05) is 6.61 Å². The third-order valence-corrected chi connectivity index (χ3v) is 5.84. The van der Waals surface area contributed by atoms with Gasteiger partial charge in [0.15, 0.2) is 0 Å². The molecule has 0 unspecified atom stereocenters. The highest BCUT2D eigenvalue weighted by molar-refractivity contribution is 5.90. The zero-order chi connectivity index (χ0) is 22.7. The van der Waals surface area contributed by atoms with E-state index < -0.39 is 6.09 Å². The van der Waals surface area contributed by atoms with Crippen LogP contribution in [0.15, 0.2) is 42.5 Å². The molecule has 1 atom stereocenters. The van der Waals surface area contributed by atoms with Gasteiger partial charge in [0.2, 0.25) is 0 Å². The Kier molecular flexibility index (Phi) is 6.44. The van der Waals surface area contributed by atoms with Gasteiger partial charge in [0.05, 0.1) is 12.1 Å². The number of aryl methyl sites for hydroxylation is 1. The van der Waals surface area contributed by atoms with E-state index in [2.05, 4.69) is 5.32 Å². The number of alkyl carbamates (subject to hydrolysis) is 1. The van der Waals surface area contributed by atoms with E-state index in [9.17, 15) is 14.0 Å². The lowest BCUT2D eigenvalue weighted by molar-refractivity contribution is -0.143. The van der Waals surface area contributed by atoms with Crippen molar-refractivity contribution in [3.8, 4) is 0 Å². The first-order chi connectivity index (χ1) is 15.5. The molecule has 0 saturated heterocycles. The number of carbonyl (C=O) groups is 2. The number of rotatable bonds is 6. The van der Waals surface area contributed by atoms with E-state index in [1.165, 1.54) is 12.1 Å². The predicted octanol–water partition coefficient (Wildman–Crippen LogP) is 4.44. The van der Waals surface area contributed by atoms with Crippen LogP contribution in [0, 0.1) is 12.7 Å². The fourth-order valence-corrected chi connectivity index (χ4v) is 4.52. The summed E-state index contributed by atoms with van der Waals surface area (Å²) in [4.78, 5) is 24.6. The third kappa shape index (κ3) is 4.61. The van der Waals surface area contributed by atoms with Crippen LogP contribution in [0.25, 0.3) is 10.9 Å². The van der Waals surface area contributed by atoms with E-state index in [-0.39, 0.29) is 31.0 Å². The average molecular weight is 438 g/mol. The van der Waals surface area contributed by atoms with Crippen LogP contribution < -0.4 is 5.32 Å². The summed E-state index contributed by atoms with van der Waals surface area (Å²) < 4.78 is 26.7. The van der Waals surface area contributed by atoms with Crippen LogP contribution in [0.2, 0.25) is 0 Å². The number of carbonyl (C=O) groups excluding carboxylic acids is 2. The molecule has 1 amide bonds. The van der Waals surface area contributed by atoms with Gasteiger partial charge in [-0.3, -0.25) is 4.79 Å². The van der Waals surface area contributed by atoms with Gasteiger partial charge in [-0.2, -0.15) is 0 Å². The molecule has 1 aromatic heterocycles. The summed E-state index contributed by atoms with van der Waals surface area (Å²) in [6.07, 6.45) is 1.44. The number of halogens is 1. The van der Waals surface area contributed by atoms with Crippen molar-refractivity contribution in [1.82, 2.24) is 9.88 Å². The maximum absolute atomic E-state index is 14.2. The maximum Gasteiger partial charge on any atom is 0.407 e. The molecule has 1 N–H and O–H groups in total. The van der Waals surface area contributed by atoms with E-state index in [1.54, 1.807) is 6.92 Å². The van der Waals surface area contributed by atoms with Gasteiger partial charge in [-0.1, -0.05) is 30.3 Å². The van der Waals surface area contributed by atoms with E-state index in [0.29, 0.717) is 25.9 Å². The number of ether oxygens (including phenoxy) is 2. The SMILES string of the molecule is CCOC(=O)Cn1c2c(c3cc(F)cc(C)c31)C[C@@H](NC(=O)OCc1ccccc1)CC2. The van der Waals surface area contributed by atoms with Crippen LogP contribution in [-0.2, 0) is 40.3 Å². The summed E-state index contributed by atoms with van der Waals surface area (Å²) in [7, 11) is 0. The lowest BCUT2D eigenvalue weighted by atomic mass is 9.91. The molecule has 0 bridgehead atoms. The molecule has 6 nitrogen and oxygen atoms in total. The lowest BCUT2D eigenvalue weighted by Gasteiger charge is -2.24. The third-order valence-electron chi connectivity index (χ3n) is 5.84. The molecule has 1 heterocycles. The van der Waals surface area contributed by atoms with E-state index in [4.69, 9.17) is 9.47 Å². The lowest BCUT2D eigenvalue weighted by Crippen LogP contribution is -2.39. The van der Waals surface area contributed by atoms with Crippen molar-refractivity contribution in [2.24, 2.45) is 0 Å². The maximum atomic E-state index is 14.2. The molecule has 0 aliphatic heterocycles. The zero-order valence-corrected chi connectivity index (χ0v) is 18.3. The second kappa shape index (κ2) is 9.42. The van der Waals surface area contributed by atoms with Crippen LogP contribution in [0.4, 0.5) is 9.18 Å². The quantitative estimate of drug-likeness (QED) is 0.578. The largest absolute Gasteiger partial charge is 0.465 e. The molecule has 0 saturated carbocycles. The second-order valence-corrected chi connectivity index (χ2v) is 8.08. The number of nitrogens with zero attached hydrogens (tertiary/aromatic N) is 1. The molecule has 4 rings (SSSR count). The number of fused-ring (bicyclic) bond motifs is 3. The highest BCUT2D eigenvalue weighted by Gasteiger charge is 2.28. The number of aromatic nitrogens is 1. The molecule has 3 aromatic rings. The Labute approximate surface area is 186 Å². The van der Waals surface area contributed by atoms with E-state index in [1.807, 2.05) is 41.8 Å². The van der Waals surface area contributed by atoms with Gasteiger partial charge >= 0.3 is 12.1 Å². The number of amides is 1. The fourth-order valence-electron chi connectivity index (χ4n) is 4.52. The molecule has 2 aromatic carbocycles. The summed E-state index contributed by atoms with van der Waals surface area (Å²) in [5.74, 6) is -0.635. The Balaban J connectivity index is 1.54. The standard InChI is InChI=1S/C25H27FN2O4/c1-3-31-23(29)14-28-22-10-9-19(27-25(30)32-15-17-7-5-4-6-8-17)13-20(22)21-12-18(26)11-16(2)24(21)28/h4-8,11-12,19H,3,9-10,13-15H2,1-2H3,(H,27,30)/t19-/m0/s1. The smallest absolute Gasteiger partial charge is 0.407 e. The van der Waals surface area contributed by atoms with Gasteiger partial charge in [0.1, 0.15) is 19.0 Å². The first-order valence-electron chi connectivity index (χ1n) is 10.9. The van der Waals surface area contributed by atoms with Gasteiger partial charge in [-0.25, -0.2) is 9.18 Å². The Morgan fingerprint density at radius 3 is 2.72 bits per heavy atom. The number of nitrogens with one attached hydrogen (secondary N) is 1. The summed E-state index contributed by atoms with van der Waals surface area (Å²) in [5, 5.41) is 3.72.